The predicted octanol–water partition coefficient (Wildman–Crippen LogP) is 3.34. The van der Waals surface area contributed by atoms with Gasteiger partial charge in [0.1, 0.15) is 11.6 Å². The summed E-state index contributed by atoms with van der Waals surface area (Å²) in [6.07, 6.45) is 6.78. The first kappa shape index (κ1) is 20.4. The zero-order chi connectivity index (χ0) is 19.8. The Balaban J connectivity index is 1.54. The van der Waals surface area contributed by atoms with E-state index in [0.29, 0.717) is 0 Å². The van der Waals surface area contributed by atoms with Crippen LogP contribution in [0.25, 0.3) is 0 Å². The van der Waals surface area contributed by atoms with Gasteiger partial charge in [-0.3, -0.25) is 4.99 Å². The highest BCUT2D eigenvalue weighted by Crippen LogP contribution is 2.15. The lowest BCUT2D eigenvalue weighted by Gasteiger charge is -2.22. The van der Waals surface area contributed by atoms with Crippen molar-refractivity contribution in [3.8, 4) is 0 Å². The third kappa shape index (κ3) is 5.57. The molecule has 0 saturated carbocycles. The maximum absolute atomic E-state index is 4.83. The number of guanidine groups is 1. The number of aromatic nitrogens is 3. The molecule has 1 aromatic carbocycles. The molecule has 28 heavy (non-hydrogen) atoms. The Hall–Kier alpha value is -2.37. The Morgan fingerprint density at radius 1 is 1.18 bits per heavy atom. The summed E-state index contributed by atoms with van der Waals surface area (Å²) in [5.41, 5.74) is 2.59. The maximum Gasteiger partial charge on any atom is 0.193 e. The summed E-state index contributed by atoms with van der Waals surface area (Å²) in [4.78, 5) is 7.02. The Bertz CT molecular complexity index is 762. The fourth-order valence-electron chi connectivity index (χ4n) is 3.66. The van der Waals surface area contributed by atoms with Crippen LogP contribution in [0.1, 0.15) is 55.4 Å². The van der Waals surface area contributed by atoms with Gasteiger partial charge in [-0.2, -0.15) is 0 Å². The molecule has 1 N–H and O–H groups in total. The normalized spacial score (nSPS) is 14.5. The van der Waals surface area contributed by atoms with Gasteiger partial charge in [0.25, 0.3) is 0 Å². The standard InChI is InChI=1S/C22H34N6/c1-4-23-22(27(3)17-19-13-11-18(2)12-14-19)24-15-8-10-21-26-25-20-9-6-5-7-16-28(20)21/h11-14H,4-10,15-17H2,1-3H3,(H,23,24). The van der Waals surface area contributed by atoms with E-state index in [1.165, 1.54) is 36.2 Å². The smallest absolute Gasteiger partial charge is 0.193 e. The van der Waals surface area contributed by atoms with Crippen molar-refractivity contribution in [2.24, 2.45) is 4.99 Å². The van der Waals surface area contributed by atoms with Crippen LogP contribution < -0.4 is 5.32 Å². The molecule has 0 spiro atoms. The van der Waals surface area contributed by atoms with Gasteiger partial charge in [0.2, 0.25) is 0 Å². The fraction of sp³-hybridized carbons (Fsp3) is 0.591. The molecular weight excluding hydrogens is 348 g/mol. The minimum Gasteiger partial charge on any atom is -0.357 e. The number of aryl methyl sites for hydroxylation is 3. The SMILES string of the molecule is CCNC(=NCCCc1nnc2n1CCCCC2)N(C)Cc1ccc(C)cc1. The molecule has 1 aliphatic heterocycles. The van der Waals surface area contributed by atoms with Gasteiger partial charge in [-0.1, -0.05) is 36.2 Å². The third-order valence-electron chi connectivity index (χ3n) is 5.24. The number of fused-ring (bicyclic) bond motifs is 1. The minimum absolute atomic E-state index is 0.794. The molecule has 6 nitrogen and oxygen atoms in total. The van der Waals surface area contributed by atoms with Crippen molar-refractivity contribution in [1.29, 1.82) is 0 Å². The van der Waals surface area contributed by atoms with E-state index in [2.05, 4.69) is 70.1 Å². The van der Waals surface area contributed by atoms with Crippen LogP contribution in [-0.2, 0) is 25.9 Å². The Morgan fingerprint density at radius 3 is 2.79 bits per heavy atom. The van der Waals surface area contributed by atoms with E-state index in [1.54, 1.807) is 0 Å². The molecule has 152 valence electrons. The number of nitrogens with zero attached hydrogens (tertiary/aromatic N) is 5. The number of hydrogen-bond acceptors (Lipinski definition) is 3. The maximum atomic E-state index is 4.83. The quantitative estimate of drug-likeness (QED) is 0.453. The van der Waals surface area contributed by atoms with Gasteiger partial charge in [-0.05, 0) is 38.7 Å². The highest BCUT2D eigenvalue weighted by atomic mass is 15.3. The molecule has 1 aromatic heterocycles. The zero-order valence-corrected chi connectivity index (χ0v) is 17.6. The molecular formula is C22H34N6. The lowest BCUT2D eigenvalue weighted by atomic mass is 10.1. The van der Waals surface area contributed by atoms with E-state index in [4.69, 9.17) is 4.99 Å². The number of benzene rings is 1. The molecule has 1 aliphatic rings. The second-order valence-electron chi connectivity index (χ2n) is 7.68. The summed E-state index contributed by atoms with van der Waals surface area (Å²) in [6.45, 7) is 7.82. The van der Waals surface area contributed by atoms with E-state index < -0.39 is 0 Å². The molecule has 0 atom stereocenters. The van der Waals surface area contributed by atoms with Crippen molar-refractivity contribution < 1.29 is 0 Å². The molecule has 2 heterocycles. The molecule has 6 heteroatoms. The van der Waals surface area contributed by atoms with Crippen LogP contribution in [0, 0.1) is 6.92 Å². The van der Waals surface area contributed by atoms with Crippen molar-refractivity contribution in [2.75, 3.05) is 20.1 Å². The first-order valence-corrected chi connectivity index (χ1v) is 10.6. The fourth-order valence-corrected chi connectivity index (χ4v) is 3.66. The average Bonchev–Trinajstić information content (AvgIpc) is 2.92. The Morgan fingerprint density at radius 2 is 2.00 bits per heavy atom. The van der Waals surface area contributed by atoms with Crippen molar-refractivity contribution in [1.82, 2.24) is 25.0 Å². The van der Waals surface area contributed by atoms with Crippen molar-refractivity contribution in [3.05, 3.63) is 47.0 Å². The Labute approximate surface area is 169 Å². The average molecular weight is 383 g/mol. The molecule has 3 rings (SSSR count). The van der Waals surface area contributed by atoms with Crippen LogP contribution in [0.2, 0.25) is 0 Å². The van der Waals surface area contributed by atoms with Gasteiger partial charge in [-0.15, -0.1) is 10.2 Å². The van der Waals surface area contributed by atoms with Gasteiger partial charge < -0.3 is 14.8 Å². The van der Waals surface area contributed by atoms with Gasteiger partial charge in [0, 0.05) is 46.1 Å². The van der Waals surface area contributed by atoms with E-state index in [-0.39, 0.29) is 0 Å². The second kappa shape index (κ2) is 10.2. The molecule has 0 unspecified atom stereocenters. The molecule has 2 aromatic rings. The number of hydrogen-bond donors (Lipinski definition) is 1. The summed E-state index contributed by atoms with van der Waals surface area (Å²) < 4.78 is 2.34. The van der Waals surface area contributed by atoms with E-state index in [0.717, 1.165) is 57.2 Å². The molecule has 0 radical (unpaired) electrons. The largest absolute Gasteiger partial charge is 0.357 e. The lowest BCUT2D eigenvalue weighted by Crippen LogP contribution is -2.38. The highest BCUT2D eigenvalue weighted by Gasteiger charge is 2.14. The molecule has 0 saturated heterocycles. The lowest BCUT2D eigenvalue weighted by molar-refractivity contribution is 0.476. The van der Waals surface area contributed by atoms with Crippen LogP contribution in [0.15, 0.2) is 29.3 Å². The van der Waals surface area contributed by atoms with Crippen molar-refractivity contribution >= 4 is 5.96 Å². The zero-order valence-electron chi connectivity index (χ0n) is 17.6. The van der Waals surface area contributed by atoms with Gasteiger partial charge in [-0.25, -0.2) is 0 Å². The topological polar surface area (TPSA) is 58.3 Å². The van der Waals surface area contributed by atoms with Crippen molar-refractivity contribution in [3.63, 3.8) is 0 Å². The number of nitrogens with one attached hydrogen (secondary N) is 1. The van der Waals surface area contributed by atoms with Crippen LogP contribution in [-0.4, -0.2) is 45.8 Å². The first-order chi connectivity index (χ1) is 13.7. The number of aliphatic imine (C=N–C) groups is 1. The molecule has 0 bridgehead atoms. The molecule has 0 fully saturated rings. The van der Waals surface area contributed by atoms with E-state index >= 15 is 0 Å². The monoisotopic (exact) mass is 382 g/mol. The van der Waals surface area contributed by atoms with Crippen molar-refractivity contribution in [2.45, 2.75) is 65.5 Å². The minimum atomic E-state index is 0.794. The summed E-state index contributed by atoms with van der Waals surface area (Å²) in [5, 5.41) is 12.2. The second-order valence-corrected chi connectivity index (χ2v) is 7.68. The predicted molar refractivity (Wildman–Crippen MR) is 115 cm³/mol. The first-order valence-electron chi connectivity index (χ1n) is 10.6. The van der Waals surface area contributed by atoms with Crippen LogP contribution >= 0.6 is 0 Å². The summed E-state index contributed by atoms with van der Waals surface area (Å²) in [6, 6.07) is 8.70. The van der Waals surface area contributed by atoms with Crippen LogP contribution in [0.5, 0.6) is 0 Å². The summed E-state index contributed by atoms with van der Waals surface area (Å²) in [7, 11) is 2.10. The number of rotatable bonds is 7. The summed E-state index contributed by atoms with van der Waals surface area (Å²) in [5.74, 6) is 3.26. The van der Waals surface area contributed by atoms with Crippen LogP contribution in [0.3, 0.4) is 0 Å². The molecule has 0 aliphatic carbocycles. The van der Waals surface area contributed by atoms with E-state index in [9.17, 15) is 0 Å². The van der Waals surface area contributed by atoms with Crippen LogP contribution in [0.4, 0.5) is 0 Å². The van der Waals surface area contributed by atoms with Gasteiger partial charge in [0.05, 0.1) is 0 Å². The summed E-state index contributed by atoms with van der Waals surface area (Å²) >= 11 is 0. The van der Waals surface area contributed by atoms with Gasteiger partial charge >= 0.3 is 0 Å². The van der Waals surface area contributed by atoms with E-state index in [1.807, 2.05) is 0 Å². The Kier molecular flexibility index (Phi) is 7.46. The third-order valence-corrected chi connectivity index (χ3v) is 5.24. The highest BCUT2D eigenvalue weighted by molar-refractivity contribution is 5.79. The van der Waals surface area contributed by atoms with Gasteiger partial charge in [0.15, 0.2) is 5.96 Å². The molecule has 0 amide bonds.